The molecule has 3 N–H and O–H groups in total. The first kappa shape index (κ1) is 14.8. The number of nitrogens with zero attached hydrogens (tertiary/aromatic N) is 1. The van der Waals surface area contributed by atoms with Gasteiger partial charge in [-0.25, -0.2) is 8.42 Å². The van der Waals surface area contributed by atoms with Crippen molar-refractivity contribution >= 4 is 27.1 Å². The average Bonchev–Trinajstić information content (AvgIpc) is 2.40. The van der Waals surface area contributed by atoms with Crippen LogP contribution in [0.15, 0.2) is 47.4 Å². The molecule has 21 heavy (non-hydrogen) atoms. The number of benzene rings is 2. The summed E-state index contributed by atoms with van der Waals surface area (Å²) in [6.07, 6.45) is 0. The Morgan fingerprint density at radius 3 is 2.29 bits per heavy atom. The van der Waals surface area contributed by atoms with Crippen LogP contribution in [0.1, 0.15) is 5.56 Å². The highest BCUT2D eigenvalue weighted by Gasteiger charge is 2.19. The molecule has 0 aliphatic heterocycles. The van der Waals surface area contributed by atoms with E-state index >= 15 is 0 Å². The zero-order valence-corrected chi connectivity index (χ0v) is 11.9. The number of nitrogen functional groups attached to an aromatic ring is 1. The van der Waals surface area contributed by atoms with Crippen molar-refractivity contribution in [3.63, 3.8) is 0 Å². The molecule has 0 spiro atoms. The lowest BCUT2D eigenvalue weighted by molar-refractivity contribution is -0.385. The van der Waals surface area contributed by atoms with Crippen molar-refractivity contribution in [3.05, 3.63) is 58.1 Å². The number of nitro benzene ring substituents is 1. The Morgan fingerprint density at radius 1 is 1.14 bits per heavy atom. The van der Waals surface area contributed by atoms with Crippen LogP contribution in [-0.2, 0) is 10.0 Å². The van der Waals surface area contributed by atoms with Gasteiger partial charge in [0.2, 0.25) is 0 Å². The number of nitro groups is 1. The summed E-state index contributed by atoms with van der Waals surface area (Å²) in [4.78, 5) is 10.1. The SMILES string of the molecule is Cc1cc([N+](=O)[O-])ccc1S(=O)(=O)Nc1ccc(N)cc1. The molecule has 0 radical (unpaired) electrons. The van der Waals surface area contributed by atoms with Crippen molar-refractivity contribution in [2.75, 3.05) is 10.5 Å². The zero-order chi connectivity index (χ0) is 15.6. The van der Waals surface area contributed by atoms with Gasteiger partial charge in [0.25, 0.3) is 15.7 Å². The summed E-state index contributed by atoms with van der Waals surface area (Å²) >= 11 is 0. The van der Waals surface area contributed by atoms with Crippen LogP contribution in [0.4, 0.5) is 17.1 Å². The quantitative estimate of drug-likeness (QED) is 0.511. The van der Waals surface area contributed by atoms with Crippen LogP contribution in [0, 0.1) is 17.0 Å². The normalized spacial score (nSPS) is 11.1. The molecule has 0 heterocycles. The highest BCUT2D eigenvalue weighted by molar-refractivity contribution is 7.92. The molecule has 2 aromatic rings. The number of nitrogens with two attached hydrogens (primary N) is 1. The smallest absolute Gasteiger partial charge is 0.269 e. The minimum absolute atomic E-state index is 0.00933. The van der Waals surface area contributed by atoms with Crippen molar-refractivity contribution in [2.24, 2.45) is 0 Å². The van der Waals surface area contributed by atoms with E-state index in [1.807, 2.05) is 0 Å². The Morgan fingerprint density at radius 2 is 1.76 bits per heavy atom. The Kier molecular flexibility index (Phi) is 3.81. The maximum atomic E-state index is 12.3. The second-order valence-corrected chi connectivity index (χ2v) is 6.09. The van der Waals surface area contributed by atoms with E-state index in [2.05, 4.69) is 4.72 Å². The summed E-state index contributed by atoms with van der Waals surface area (Å²) in [5.41, 5.74) is 6.56. The van der Waals surface area contributed by atoms with Gasteiger partial charge in [0.1, 0.15) is 0 Å². The van der Waals surface area contributed by atoms with Crippen LogP contribution in [0.5, 0.6) is 0 Å². The third-order valence-corrected chi connectivity index (χ3v) is 4.36. The van der Waals surface area contributed by atoms with Crippen LogP contribution in [0.2, 0.25) is 0 Å². The maximum Gasteiger partial charge on any atom is 0.269 e. The lowest BCUT2D eigenvalue weighted by Gasteiger charge is -2.10. The number of hydrogen-bond donors (Lipinski definition) is 2. The second kappa shape index (κ2) is 5.41. The Labute approximate surface area is 121 Å². The van der Waals surface area contributed by atoms with Gasteiger partial charge < -0.3 is 5.73 Å². The Hall–Kier alpha value is -2.61. The summed E-state index contributed by atoms with van der Waals surface area (Å²) in [6, 6.07) is 9.80. The van der Waals surface area contributed by atoms with Crippen LogP contribution in [0.25, 0.3) is 0 Å². The van der Waals surface area contributed by atoms with Crippen molar-refractivity contribution in [2.45, 2.75) is 11.8 Å². The van der Waals surface area contributed by atoms with Gasteiger partial charge in [-0.3, -0.25) is 14.8 Å². The van der Waals surface area contributed by atoms with Gasteiger partial charge >= 0.3 is 0 Å². The predicted molar refractivity (Wildman–Crippen MR) is 79.5 cm³/mol. The van der Waals surface area contributed by atoms with E-state index in [1.165, 1.54) is 31.2 Å². The molecule has 0 aliphatic carbocycles. The summed E-state index contributed by atoms with van der Waals surface area (Å²) in [5.74, 6) is 0. The van der Waals surface area contributed by atoms with Gasteiger partial charge in [0.15, 0.2) is 0 Å². The zero-order valence-electron chi connectivity index (χ0n) is 11.1. The first-order valence-electron chi connectivity index (χ1n) is 5.93. The number of nitrogens with one attached hydrogen (secondary N) is 1. The Bertz CT molecular complexity index is 786. The van der Waals surface area contributed by atoms with Gasteiger partial charge in [-0.05, 0) is 42.8 Å². The number of hydrogen-bond acceptors (Lipinski definition) is 5. The highest BCUT2D eigenvalue weighted by Crippen LogP contribution is 2.23. The standard InChI is InChI=1S/C13H13N3O4S/c1-9-8-12(16(17)18)6-7-13(9)21(19,20)15-11-4-2-10(14)3-5-11/h2-8,15H,14H2,1H3. The van der Waals surface area contributed by atoms with E-state index in [1.54, 1.807) is 12.1 Å². The topological polar surface area (TPSA) is 115 Å². The molecule has 0 bridgehead atoms. The van der Waals surface area contributed by atoms with Gasteiger partial charge in [-0.2, -0.15) is 0 Å². The Balaban J connectivity index is 2.35. The fourth-order valence-corrected chi connectivity index (χ4v) is 3.10. The van der Waals surface area contributed by atoms with Crippen LogP contribution < -0.4 is 10.5 Å². The van der Waals surface area contributed by atoms with E-state index in [0.717, 1.165) is 6.07 Å². The van der Waals surface area contributed by atoms with E-state index in [4.69, 9.17) is 5.73 Å². The molecule has 2 rings (SSSR count). The van der Waals surface area contributed by atoms with Crippen molar-refractivity contribution in [1.29, 1.82) is 0 Å². The van der Waals surface area contributed by atoms with Gasteiger partial charge in [0, 0.05) is 23.5 Å². The van der Waals surface area contributed by atoms with Crippen molar-refractivity contribution in [1.82, 2.24) is 0 Å². The largest absolute Gasteiger partial charge is 0.399 e. The first-order valence-corrected chi connectivity index (χ1v) is 7.41. The first-order chi connectivity index (χ1) is 9.79. The van der Waals surface area contributed by atoms with Gasteiger partial charge in [0.05, 0.1) is 9.82 Å². The average molecular weight is 307 g/mol. The number of rotatable bonds is 4. The molecule has 7 nitrogen and oxygen atoms in total. The molecular weight excluding hydrogens is 294 g/mol. The fourth-order valence-electron chi connectivity index (χ4n) is 1.81. The summed E-state index contributed by atoms with van der Waals surface area (Å²) in [6.45, 7) is 1.50. The molecule has 8 heteroatoms. The van der Waals surface area contributed by atoms with E-state index in [-0.39, 0.29) is 10.6 Å². The van der Waals surface area contributed by atoms with E-state index < -0.39 is 14.9 Å². The summed E-state index contributed by atoms with van der Waals surface area (Å²) in [7, 11) is -3.81. The monoisotopic (exact) mass is 307 g/mol. The molecule has 2 aromatic carbocycles. The molecule has 110 valence electrons. The second-order valence-electron chi connectivity index (χ2n) is 4.43. The van der Waals surface area contributed by atoms with Crippen molar-refractivity contribution < 1.29 is 13.3 Å². The maximum absolute atomic E-state index is 12.3. The lowest BCUT2D eigenvalue weighted by atomic mass is 10.2. The molecule has 0 saturated heterocycles. The predicted octanol–water partition coefficient (Wildman–Crippen LogP) is 2.29. The molecule has 0 saturated carbocycles. The number of sulfonamides is 1. The minimum Gasteiger partial charge on any atom is -0.399 e. The lowest BCUT2D eigenvalue weighted by Crippen LogP contribution is -2.14. The van der Waals surface area contributed by atoms with E-state index in [0.29, 0.717) is 16.9 Å². The summed E-state index contributed by atoms with van der Waals surface area (Å²) in [5, 5.41) is 10.7. The van der Waals surface area contributed by atoms with Gasteiger partial charge in [-0.1, -0.05) is 0 Å². The molecule has 0 unspecified atom stereocenters. The van der Waals surface area contributed by atoms with Gasteiger partial charge in [-0.15, -0.1) is 0 Å². The molecule has 0 amide bonds. The van der Waals surface area contributed by atoms with Crippen molar-refractivity contribution in [3.8, 4) is 0 Å². The molecule has 0 aromatic heterocycles. The number of aryl methyl sites for hydroxylation is 1. The molecule has 0 aliphatic rings. The van der Waals surface area contributed by atoms with Crippen LogP contribution >= 0.6 is 0 Å². The third kappa shape index (κ3) is 3.29. The van der Waals surface area contributed by atoms with Crippen LogP contribution in [-0.4, -0.2) is 13.3 Å². The number of non-ortho nitro benzene ring substituents is 1. The number of anilines is 2. The third-order valence-electron chi connectivity index (χ3n) is 2.82. The van der Waals surface area contributed by atoms with E-state index in [9.17, 15) is 18.5 Å². The van der Waals surface area contributed by atoms with Crippen LogP contribution in [0.3, 0.4) is 0 Å². The molecule has 0 fully saturated rings. The molecular formula is C13H13N3O4S. The molecule has 0 atom stereocenters. The fraction of sp³-hybridized carbons (Fsp3) is 0.0769. The summed E-state index contributed by atoms with van der Waals surface area (Å²) < 4.78 is 27.0. The minimum atomic E-state index is -3.81. The highest BCUT2D eigenvalue weighted by atomic mass is 32.2.